The highest BCUT2D eigenvalue weighted by Crippen LogP contribution is 2.42. The van der Waals surface area contributed by atoms with Crippen LogP contribution in [0.3, 0.4) is 0 Å². The number of carbonyl (C=O) groups is 1. The Labute approximate surface area is 129 Å². The molecule has 0 aliphatic carbocycles. The fourth-order valence-corrected chi connectivity index (χ4v) is 4.70. The lowest BCUT2D eigenvalue weighted by molar-refractivity contribution is -0.379. The monoisotopic (exact) mass is 339 g/mol. The number of nitrogens with one attached hydrogen (secondary N) is 1. The molecule has 2 aromatic rings. The summed E-state index contributed by atoms with van der Waals surface area (Å²) in [7, 11) is -4.12. The average Bonchev–Trinajstić information content (AvgIpc) is 2.89. The van der Waals surface area contributed by atoms with Crippen LogP contribution in [0.15, 0.2) is 40.6 Å². The van der Waals surface area contributed by atoms with Crippen LogP contribution in [0, 0.1) is 10.1 Å². The zero-order valence-electron chi connectivity index (χ0n) is 10.9. The number of anilines is 1. The molecule has 3 rings (SSSR count). The average molecular weight is 339 g/mol. The fourth-order valence-electron chi connectivity index (χ4n) is 2.07. The van der Waals surface area contributed by atoms with Crippen molar-refractivity contribution in [3.8, 4) is 0 Å². The van der Waals surface area contributed by atoms with Gasteiger partial charge in [-0.05, 0) is 5.56 Å². The first-order valence-corrected chi connectivity index (χ1v) is 8.37. The minimum Gasteiger partial charge on any atom is -0.299 e. The van der Waals surface area contributed by atoms with Crippen LogP contribution in [0.1, 0.15) is 5.56 Å². The van der Waals surface area contributed by atoms with Gasteiger partial charge in [-0.2, -0.15) is 0 Å². The molecule has 2 heterocycles. The molecule has 1 aliphatic rings. The third kappa shape index (κ3) is 2.22. The lowest BCUT2D eigenvalue weighted by Gasteiger charge is -2.26. The topological polar surface area (TPSA) is 110 Å². The van der Waals surface area contributed by atoms with Crippen molar-refractivity contribution >= 4 is 38.1 Å². The number of nitro groups is 1. The van der Waals surface area contributed by atoms with E-state index in [0.717, 1.165) is 0 Å². The smallest absolute Gasteiger partial charge is 0.299 e. The third-order valence-corrected chi connectivity index (χ3v) is 5.93. The van der Waals surface area contributed by atoms with Crippen molar-refractivity contribution in [2.24, 2.45) is 0 Å². The van der Waals surface area contributed by atoms with Gasteiger partial charge >= 0.3 is 11.0 Å². The first-order valence-electron chi connectivity index (χ1n) is 6.05. The molecule has 8 nitrogen and oxygen atoms in total. The predicted octanol–water partition coefficient (Wildman–Crippen LogP) is 2.39. The molecule has 22 heavy (non-hydrogen) atoms. The summed E-state index contributed by atoms with van der Waals surface area (Å²) in [5.41, 5.74) is 0.374. The van der Waals surface area contributed by atoms with Crippen molar-refractivity contribution in [3.63, 3.8) is 0 Å². The normalized spacial score (nSPS) is 16.0. The molecule has 0 saturated heterocycles. The molecule has 0 saturated carbocycles. The van der Waals surface area contributed by atoms with Gasteiger partial charge in [-0.1, -0.05) is 41.7 Å². The number of hydrogen-bond donors (Lipinski definition) is 1. The molecular weight excluding hydrogens is 330 g/mol. The molecule has 1 aromatic carbocycles. The lowest BCUT2D eigenvalue weighted by atomic mass is 10.2. The molecule has 0 bridgehead atoms. The van der Waals surface area contributed by atoms with Crippen LogP contribution in [0.25, 0.3) is 0 Å². The lowest BCUT2D eigenvalue weighted by Crippen LogP contribution is -2.43. The Morgan fingerprint density at radius 2 is 1.95 bits per heavy atom. The summed E-state index contributed by atoms with van der Waals surface area (Å²) in [6, 6.07) is 7.70. The first kappa shape index (κ1) is 14.5. The van der Waals surface area contributed by atoms with Gasteiger partial charge in [0.1, 0.15) is 4.90 Å². The van der Waals surface area contributed by atoms with Crippen molar-refractivity contribution in [1.29, 1.82) is 0 Å². The highest BCUT2D eigenvalue weighted by molar-refractivity contribution is 7.90. The number of urea groups is 1. The molecule has 0 radical (unpaired) electrons. The van der Waals surface area contributed by atoms with Gasteiger partial charge in [-0.15, -0.1) is 0 Å². The van der Waals surface area contributed by atoms with E-state index in [1.807, 2.05) is 0 Å². The third-order valence-electron chi connectivity index (χ3n) is 3.10. The van der Waals surface area contributed by atoms with E-state index in [2.05, 4.69) is 5.32 Å². The van der Waals surface area contributed by atoms with E-state index >= 15 is 0 Å². The second-order valence-electron chi connectivity index (χ2n) is 4.46. The number of thiophene rings is 1. The number of fused-ring (bicyclic) bond motifs is 1. The van der Waals surface area contributed by atoms with Gasteiger partial charge in [0.05, 0.1) is 11.5 Å². The maximum absolute atomic E-state index is 12.5. The van der Waals surface area contributed by atoms with Crippen LogP contribution in [-0.4, -0.2) is 23.7 Å². The van der Waals surface area contributed by atoms with Gasteiger partial charge < -0.3 is 0 Å². The van der Waals surface area contributed by atoms with Crippen LogP contribution in [0.2, 0.25) is 0 Å². The number of amides is 2. The Bertz CT molecular complexity index is 860. The Hall–Kier alpha value is -2.46. The van der Waals surface area contributed by atoms with Gasteiger partial charge in [-0.25, -0.2) is 17.5 Å². The zero-order valence-corrected chi connectivity index (χ0v) is 12.6. The van der Waals surface area contributed by atoms with Crippen LogP contribution in [-0.2, 0) is 16.6 Å². The molecule has 0 fully saturated rings. The summed E-state index contributed by atoms with van der Waals surface area (Å²) >= 11 is 0.666. The fraction of sp³-hybridized carbons (Fsp3) is 0.0833. The summed E-state index contributed by atoms with van der Waals surface area (Å²) in [6.07, 6.45) is 0. The summed E-state index contributed by atoms with van der Waals surface area (Å²) in [6.45, 7) is -0.141. The Kier molecular flexibility index (Phi) is 3.34. The second kappa shape index (κ2) is 5.07. The molecule has 1 aromatic heterocycles. The van der Waals surface area contributed by atoms with Gasteiger partial charge in [0, 0.05) is 5.38 Å². The molecular formula is C12H9N3O5S2. The number of rotatable bonds is 3. The van der Waals surface area contributed by atoms with Crippen LogP contribution >= 0.6 is 11.3 Å². The molecule has 114 valence electrons. The first-order chi connectivity index (χ1) is 10.4. The van der Waals surface area contributed by atoms with Crippen molar-refractivity contribution in [2.45, 2.75) is 11.4 Å². The quantitative estimate of drug-likeness (QED) is 0.682. The van der Waals surface area contributed by atoms with Crippen LogP contribution in [0.4, 0.5) is 15.5 Å². The standard InChI is InChI=1S/C12H9N3O5S2/c16-12-13-10-9(7-21-11(10)15(17)18)22(19,20)14(12)6-8-4-2-1-3-5-8/h1-5,7H,6H2,(H,13,16). The van der Waals surface area contributed by atoms with Crippen LogP contribution in [0.5, 0.6) is 0 Å². The zero-order chi connectivity index (χ0) is 15.9. The van der Waals surface area contributed by atoms with E-state index in [0.29, 0.717) is 21.2 Å². The molecule has 10 heteroatoms. The second-order valence-corrected chi connectivity index (χ2v) is 7.15. The number of benzene rings is 1. The highest BCUT2D eigenvalue weighted by Gasteiger charge is 2.41. The predicted molar refractivity (Wildman–Crippen MR) is 79.2 cm³/mol. The maximum Gasteiger partial charge on any atom is 0.349 e. The number of nitrogens with zero attached hydrogens (tertiary/aromatic N) is 2. The SMILES string of the molecule is O=C1Nc2c(csc2[N+](=O)[O-])S(=O)(=O)N1Cc1ccccc1. The van der Waals surface area contributed by atoms with Gasteiger partial charge in [0.2, 0.25) is 0 Å². The molecule has 0 atom stereocenters. The Morgan fingerprint density at radius 3 is 2.59 bits per heavy atom. The molecule has 0 unspecified atom stereocenters. The van der Waals surface area contributed by atoms with E-state index in [1.165, 1.54) is 5.38 Å². The van der Waals surface area contributed by atoms with Gasteiger partial charge in [0.25, 0.3) is 10.0 Å². The number of hydrogen-bond acceptors (Lipinski definition) is 6. The van der Waals surface area contributed by atoms with Gasteiger partial charge in [-0.3, -0.25) is 15.4 Å². The van der Waals surface area contributed by atoms with E-state index in [4.69, 9.17) is 0 Å². The largest absolute Gasteiger partial charge is 0.349 e. The van der Waals surface area contributed by atoms with Crippen molar-refractivity contribution in [2.75, 3.05) is 5.32 Å². The number of carbonyl (C=O) groups excluding carboxylic acids is 1. The summed E-state index contributed by atoms with van der Waals surface area (Å²) in [4.78, 5) is 22.0. The summed E-state index contributed by atoms with van der Waals surface area (Å²) in [5, 5.41) is 13.9. The summed E-state index contributed by atoms with van der Waals surface area (Å²) < 4.78 is 25.7. The Balaban J connectivity index is 2.04. The van der Waals surface area contributed by atoms with E-state index in [1.54, 1.807) is 30.3 Å². The van der Waals surface area contributed by atoms with E-state index in [-0.39, 0.29) is 17.1 Å². The molecule has 1 aliphatic heterocycles. The van der Waals surface area contributed by atoms with Gasteiger partial charge in [0.15, 0.2) is 5.69 Å². The summed E-state index contributed by atoms with van der Waals surface area (Å²) in [5.74, 6) is 0. The molecule has 2 amide bonds. The minimum atomic E-state index is -4.12. The minimum absolute atomic E-state index is 0.141. The molecule has 1 N–H and O–H groups in total. The molecule has 0 spiro atoms. The van der Waals surface area contributed by atoms with Crippen molar-refractivity contribution < 1.29 is 18.1 Å². The maximum atomic E-state index is 12.5. The Morgan fingerprint density at radius 1 is 1.27 bits per heavy atom. The van der Waals surface area contributed by atoms with Crippen LogP contribution < -0.4 is 5.32 Å². The van der Waals surface area contributed by atoms with E-state index in [9.17, 15) is 23.3 Å². The highest BCUT2D eigenvalue weighted by atomic mass is 32.2. The number of sulfonamides is 1. The van der Waals surface area contributed by atoms with Crippen molar-refractivity contribution in [1.82, 2.24) is 4.31 Å². The van der Waals surface area contributed by atoms with Crippen molar-refractivity contribution in [3.05, 3.63) is 51.4 Å². The van der Waals surface area contributed by atoms with E-state index < -0.39 is 26.0 Å².